The van der Waals surface area contributed by atoms with Crippen LogP contribution in [0.15, 0.2) is 0 Å². The maximum absolute atomic E-state index is 10.7. The first-order valence-corrected chi connectivity index (χ1v) is 4.03. The van der Waals surface area contributed by atoms with Gasteiger partial charge in [-0.2, -0.15) is 0 Å². The second kappa shape index (κ2) is 3.22. The van der Waals surface area contributed by atoms with Crippen molar-refractivity contribution in [2.24, 2.45) is 5.41 Å². The predicted molar refractivity (Wildman–Crippen MR) is 43.2 cm³/mol. The summed E-state index contributed by atoms with van der Waals surface area (Å²) < 4.78 is -0.176. The van der Waals surface area contributed by atoms with Crippen molar-refractivity contribution in [3.05, 3.63) is 0 Å². The molecule has 0 rings (SSSR count). The maximum Gasteiger partial charge on any atom is 0.206 e. The van der Waals surface area contributed by atoms with Crippen molar-refractivity contribution in [2.75, 3.05) is 0 Å². The van der Waals surface area contributed by atoms with Crippen molar-refractivity contribution in [3.63, 3.8) is 0 Å². The summed E-state index contributed by atoms with van der Waals surface area (Å²) in [5, 5.41) is 0. The number of carbonyl (C=O) groups excluding carboxylic acids is 1. The third-order valence-corrected chi connectivity index (χ3v) is 3.17. The van der Waals surface area contributed by atoms with Gasteiger partial charge in [0.05, 0.1) is 5.41 Å². The van der Waals surface area contributed by atoms with Crippen molar-refractivity contribution in [1.82, 2.24) is 0 Å². The van der Waals surface area contributed by atoms with Gasteiger partial charge in [-0.15, -0.1) is 23.2 Å². The Kier molecular flexibility index (Phi) is 3.48. The summed E-state index contributed by atoms with van der Waals surface area (Å²) in [7, 11) is 0. The van der Waals surface area contributed by atoms with Gasteiger partial charge in [-0.3, -0.25) is 4.79 Å². The zero-order chi connectivity index (χ0) is 7.65. The average Bonchev–Trinajstić information content (AvgIpc) is 1.65. The van der Waals surface area contributed by atoms with E-state index in [0.29, 0.717) is 0 Å². The minimum atomic E-state index is -0.691. The molecule has 0 aliphatic rings. The number of halogens is 3. The van der Waals surface area contributed by atoms with Crippen LogP contribution in [0.5, 0.6) is 0 Å². The van der Waals surface area contributed by atoms with E-state index in [0.717, 1.165) is 0 Å². The maximum atomic E-state index is 10.7. The molecule has 0 radical (unpaired) electrons. The van der Waals surface area contributed by atoms with Crippen LogP contribution in [0.25, 0.3) is 0 Å². The van der Waals surface area contributed by atoms with Crippen LogP contribution < -0.4 is 0 Å². The van der Waals surface area contributed by atoms with Gasteiger partial charge < -0.3 is 0 Å². The number of carbonyl (C=O) groups is 1. The molecule has 0 amide bonds. The van der Waals surface area contributed by atoms with E-state index in [1.165, 1.54) is 0 Å². The van der Waals surface area contributed by atoms with E-state index in [1.54, 1.807) is 13.8 Å². The largest absolute Gasteiger partial charge is 0.286 e. The van der Waals surface area contributed by atoms with E-state index in [-0.39, 0.29) is 4.69 Å². The molecule has 0 bridgehead atoms. The molecule has 0 atom stereocenters. The van der Waals surface area contributed by atoms with E-state index in [9.17, 15) is 4.79 Å². The third-order valence-electron chi connectivity index (χ3n) is 1.05. The van der Waals surface area contributed by atoms with Crippen LogP contribution in [-0.2, 0) is 4.79 Å². The number of rotatable bonds is 2. The van der Waals surface area contributed by atoms with Crippen molar-refractivity contribution in [2.45, 2.75) is 18.7 Å². The van der Waals surface area contributed by atoms with Crippen LogP contribution >= 0.6 is 39.1 Å². The zero-order valence-corrected chi connectivity index (χ0v) is 8.22. The van der Waals surface area contributed by atoms with E-state index < -0.39 is 10.3 Å². The normalized spacial score (nSPS) is 12.2. The highest BCUT2D eigenvalue weighted by Gasteiger charge is 2.32. The summed E-state index contributed by atoms with van der Waals surface area (Å²) in [6.07, 6.45) is 0. The van der Waals surface area contributed by atoms with Gasteiger partial charge in [-0.05, 0) is 29.8 Å². The fraction of sp³-hybridized carbons (Fsp3) is 0.800. The first-order valence-electron chi connectivity index (χ1n) is 2.37. The van der Waals surface area contributed by atoms with Crippen LogP contribution in [0.1, 0.15) is 13.8 Å². The lowest BCUT2D eigenvalue weighted by Gasteiger charge is -2.20. The van der Waals surface area contributed by atoms with Crippen LogP contribution in [-0.4, -0.2) is 9.53 Å². The molecule has 54 valence electrons. The highest BCUT2D eigenvalue weighted by Crippen LogP contribution is 2.31. The predicted octanol–water partition coefficient (Wildman–Crippen LogP) is 2.74. The number of hydrogen-bond acceptors (Lipinski definition) is 1. The average molecular weight is 234 g/mol. The van der Waals surface area contributed by atoms with Gasteiger partial charge in [-0.25, -0.2) is 0 Å². The Morgan fingerprint density at radius 2 is 1.89 bits per heavy atom. The topological polar surface area (TPSA) is 17.1 Å². The second-order valence-corrected chi connectivity index (χ2v) is 4.11. The molecule has 4 heteroatoms. The third kappa shape index (κ3) is 2.44. The minimum absolute atomic E-state index is 0.176. The Balaban J connectivity index is 4.19. The van der Waals surface area contributed by atoms with Crippen LogP contribution in [0.4, 0.5) is 0 Å². The first kappa shape index (κ1) is 9.73. The van der Waals surface area contributed by atoms with Crippen LogP contribution in [0, 0.1) is 5.41 Å². The molecule has 0 unspecified atom stereocenters. The van der Waals surface area contributed by atoms with Crippen molar-refractivity contribution >= 4 is 43.8 Å². The van der Waals surface area contributed by atoms with E-state index in [2.05, 4.69) is 15.9 Å². The summed E-state index contributed by atoms with van der Waals surface area (Å²) in [6.45, 7) is 3.35. The van der Waals surface area contributed by atoms with Gasteiger partial charge in [0.2, 0.25) is 4.69 Å². The lowest BCUT2D eigenvalue weighted by Crippen LogP contribution is -2.26. The number of hydrogen-bond donors (Lipinski definition) is 0. The van der Waals surface area contributed by atoms with Crippen LogP contribution in [0.3, 0.4) is 0 Å². The Labute approximate surface area is 72.8 Å². The summed E-state index contributed by atoms with van der Waals surface area (Å²) in [5.74, 6) is 0. The highest BCUT2D eigenvalue weighted by molar-refractivity contribution is 9.18. The Morgan fingerprint density at radius 3 is 1.89 bits per heavy atom. The second-order valence-electron chi connectivity index (χ2n) is 2.30. The summed E-state index contributed by atoms with van der Waals surface area (Å²) in [6, 6.07) is 0. The molecule has 0 saturated heterocycles. The Bertz CT molecular complexity index is 122. The molecule has 1 nitrogen and oxygen atoms in total. The number of alkyl halides is 2. The van der Waals surface area contributed by atoms with E-state index >= 15 is 0 Å². The SMILES string of the molecule is CC(C)(C(=O)Br)C(Cl)Cl. The van der Waals surface area contributed by atoms with Crippen molar-refractivity contribution in [1.29, 1.82) is 0 Å². The molecular weight excluding hydrogens is 227 g/mol. The molecule has 0 aliphatic heterocycles. The lowest BCUT2D eigenvalue weighted by atomic mass is 9.99. The molecule has 0 aromatic rings. The fourth-order valence-corrected chi connectivity index (χ4v) is 0.776. The standard InChI is InChI=1S/C5H7BrCl2O/c1-5(2,3(6)9)4(7)8/h4H,1-2H3. The molecular formula is C5H7BrCl2O. The molecule has 0 fully saturated rings. The monoisotopic (exact) mass is 232 g/mol. The van der Waals surface area contributed by atoms with Gasteiger partial charge in [-0.1, -0.05) is 0 Å². The van der Waals surface area contributed by atoms with E-state index in [4.69, 9.17) is 23.2 Å². The first-order chi connectivity index (χ1) is 3.89. The van der Waals surface area contributed by atoms with Crippen molar-refractivity contribution in [3.8, 4) is 0 Å². The van der Waals surface area contributed by atoms with Crippen molar-refractivity contribution < 1.29 is 4.79 Å². The van der Waals surface area contributed by atoms with Crippen LogP contribution in [0.2, 0.25) is 0 Å². The molecule has 0 aromatic carbocycles. The Hall–Kier alpha value is 0.730. The summed E-state index contributed by atoms with van der Waals surface area (Å²) in [5.41, 5.74) is -0.691. The summed E-state index contributed by atoms with van der Waals surface area (Å²) in [4.78, 5) is 9.99. The Morgan fingerprint density at radius 1 is 1.56 bits per heavy atom. The fourth-order valence-electron chi connectivity index (χ4n) is 0.0858. The van der Waals surface area contributed by atoms with Gasteiger partial charge in [0.15, 0.2) is 0 Å². The van der Waals surface area contributed by atoms with E-state index in [1.807, 2.05) is 0 Å². The minimum Gasteiger partial charge on any atom is -0.286 e. The quantitative estimate of drug-likeness (QED) is 0.530. The van der Waals surface area contributed by atoms with Gasteiger partial charge in [0.25, 0.3) is 0 Å². The molecule has 0 aliphatic carbocycles. The summed E-state index contributed by atoms with van der Waals surface area (Å²) >= 11 is 13.7. The van der Waals surface area contributed by atoms with Gasteiger partial charge in [0, 0.05) is 0 Å². The zero-order valence-electron chi connectivity index (χ0n) is 5.12. The smallest absolute Gasteiger partial charge is 0.206 e. The molecule has 0 aromatic heterocycles. The molecule has 0 spiro atoms. The lowest BCUT2D eigenvalue weighted by molar-refractivity contribution is -0.116. The molecule has 0 N–H and O–H groups in total. The molecule has 0 saturated carbocycles. The van der Waals surface area contributed by atoms with Gasteiger partial charge >= 0.3 is 0 Å². The highest BCUT2D eigenvalue weighted by atomic mass is 79.9. The molecule has 0 heterocycles. The molecule has 9 heavy (non-hydrogen) atoms. The van der Waals surface area contributed by atoms with Gasteiger partial charge in [0.1, 0.15) is 4.84 Å².